The lowest BCUT2D eigenvalue weighted by Gasteiger charge is -2.36. The van der Waals surface area contributed by atoms with Crippen molar-refractivity contribution in [3.8, 4) is 0 Å². The Bertz CT molecular complexity index is 385. The van der Waals surface area contributed by atoms with E-state index in [-0.39, 0.29) is 11.9 Å². The molecule has 0 bridgehead atoms. The predicted molar refractivity (Wildman–Crippen MR) is 81.1 cm³/mol. The van der Waals surface area contributed by atoms with E-state index in [0.29, 0.717) is 18.9 Å². The highest BCUT2D eigenvalue weighted by molar-refractivity contribution is 5.89. The minimum absolute atomic E-state index is 0.146. The number of carbonyl (C=O) groups excluding carboxylic acids is 1. The highest BCUT2D eigenvalue weighted by atomic mass is 16.4. The number of amides is 1. The zero-order valence-electron chi connectivity index (χ0n) is 13.2. The number of carboxylic acids is 1. The number of rotatable bonds is 5. The summed E-state index contributed by atoms with van der Waals surface area (Å²) in [5.41, 5.74) is -1.03. The van der Waals surface area contributed by atoms with Crippen molar-refractivity contribution in [1.29, 1.82) is 0 Å². The second-order valence-corrected chi connectivity index (χ2v) is 6.72. The summed E-state index contributed by atoms with van der Waals surface area (Å²) in [5, 5.41) is 12.3. The Morgan fingerprint density at radius 3 is 2.24 bits per heavy atom. The van der Waals surface area contributed by atoms with Crippen molar-refractivity contribution in [3.63, 3.8) is 0 Å². The summed E-state index contributed by atoms with van der Waals surface area (Å²) in [4.78, 5) is 26.1. The van der Waals surface area contributed by atoms with Gasteiger partial charge in [0.1, 0.15) is 5.54 Å². The van der Waals surface area contributed by atoms with Crippen LogP contribution in [0.3, 0.4) is 0 Å². The number of carboxylic acid groups (broad SMARTS) is 1. The van der Waals surface area contributed by atoms with Gasteiger partial charge in [0.15, 0.2) is 0 Å². The zero-order chi connectivity index (χ0) is 15.5. The molecule has 0 aromatic heterocycles. The van der Waals surface area contributed by atoms with Crippen molar-refractivity contribution in [3.05, 3.63) is 0 Å². The summed E-state index contributed by atoms with van der Waals surface area (Å²) in [5.74, 6) is -1.03. The van der Waals surface area contributed by atoms with Crippen LogP contribution in [-0.2, 0) is 9.59 Å². The van der Waals surface area contributed by atoms with Crippen molar-refractivity contribution in [2.75, 3.05) is 7.05 Å². The minimum Gasteiger partial charge on any atom is -0.480 e. The maximum atomic E-state index is 12.5. The van der Waals surface area contributed by atoms with Crippen LogP contribution in [0.25, 0.3) is 0 Å². The van der Waals surface area contributed by atoms with Crippen LogP contribution in [0.5, 0.6) is 0 Å². The number of nitrogens with zero attached hydrogens (tertiary/aromatic N) is 1. The molecule has 1 unspecified atom stereocenters. The van der Waals surface area contributed by atoms with Gasteiger partial charge >= 0.3 is 5.97 Å². The highest BCUT2D eigenvalue weighted by Crippen LogP contribution is 2.30. The monoisotopic (exact) mass is 296 g/mol. The van der Waals surface area contributed by atoms with Crippen LogP contribution >= 0.6 is 0 Å². The molecule has 0 radical (unpaired) electrons. The molecule has 0 spiro atoms. The van der Waals surface area contributed by atoms with Gasteiger partial charge in [0.05, 0.1) is 6.04 Å². The van der Waals surface area contributed by atoms with Gasteiger partial charge in [0, 0.05) is 6.04 Å². The van der Waals surface area contributed by atoms with Crippen molar-refractivity contribution in [2.45, 2.75) is 82.3 Å². The standard InChI is InChI=1S/C16H28N2O3/c1-12(18(2)13-8-4-3-5-9-13)14(19)17-16(15(20)21)10-6-7-11-16/h12-13H,3-11H2,1-2H3,(H,17,19)(H,20,21). The van der Waals surface area contributed by atoms with Crippen LogP contribution in [0.4, 0.5) is 0 Å². The quantitative estimate of drug-likeness (QED) is 0.815. The lowest BCUT2D eigenvalue weighted by atomic mass is 9.93. The van der Waals surface area contributed by atoms with E-state index >= 15 is 0 Å². The average Bonchev–Trinajstić information content (AvgIpc) is 2.96. The first-order valence-corrected chi connectivity index (χ1v) is 8.24. The summed E-state index contributed by atoms with van der Waals surface area (Å²) < 4.78 is 0. The molecule has 0 aromatic carbocycles. The molecule has 2 N–H and O–H groups in total. The summed E-state index contributed by atoms with van der Waals surface area (Å²) >= 11 is 0. The molecule has 120 valence electrons. The van der Waals surface area contributed by atoms with Gasteiger partial charge in [-0.2, -0.15) is 0 Å². The molecule has 0 aromatic rings. The molecule has 2 fully saturated rings. The van der Waals surface area contributed by atoms with Crippen LogP contribution in [-0.4, -0.2) is 46.6 Å². The molecule has 5 nitrogen and oxygen atoms in total. The van der Waals surface area contributed by atoms with Gasteiger partial charge in [-0.05, 0) is 39.7 Å². The Balaban J connectivity index is 1.96. The first kappa shape index (κ1) is 16.3. The molecular formula is C16H28N2O3. The van der Waals surface area contributed by atoms with E-state index in [0.717, 1.165) is 25.7 Å². The van der Waals surface area contributed by atoms with E-state index in [1.54, 1.807) is 0 Å². The number of nitrogens with one attached hydrogen (secondary N) is 1. The lowest BCUT2D eigenvalue weighted by molar-refractivity contribution is -0.148. The van der Waals surface area contributed by atoms with Crippen molar-refractivity contribution >= 4 is 11.9 Å². The van der Waals surface area contributed by atoms with Gasteiger partial charge in [0.2, 0.25) is 5.91 Å². The van der Waals surface area contributed by atoms with Crippen molar-refractivity contribution in [1.82, 2.24) is 10.2 Å². The highest BCUT2D eigenvalue weighted by Gasteiger charge is 2.43. The normalized spacial score (nSPS) is 24.0. The third-order valence-electron chi connectivity index (χ3n) is 5.37. The fourth-order valence-corrected chi connectivity index (χ4v) is 3.70. The summed E-state index contributed by atoms with van der Waals surface area (Å²) in [6, 6.07) is 0.175. The second kappa shape index (κ2) is 6.77. The minimum atomic E-state index is -1.03. The fraction of sp³-hybridized carbons (Fsp3) is 0.875. The molecule has 1 atom stereocenters. The van der Waals surface area contributed by atoms with Gasteiger partial charge < -0.3 is 10.4 Å². The predicted octanol–water partition coefficient (Wildman–Crippen LogP) is 2.15. The first-order chi connectivity index (χ1) is 9.96. The summed E-state index contributed by atoms with van der Waals surface area (Å²) in [6.45, 7) is 1.88. The SMILES string of the molecule is CC(C(=O)NC1(C(=O)O)CCCC1)N(C)C1CCCCC1. The Labute approximate surface area is 127 Å². The smallest absolute Gasteiger partial charge is 0.329 e. The third kappa shape index (κ3) is 3.57. The zero-order valence-corrected chi connectivity index (χ0v) is 13.2. The molecule has 0 aliphatic heterocycles. The van der Waals surface area contributed by atoms with Crippen LogP contribution in [0, 0.1) is 0 Å². The van der Waals surface area contributed by atoms with E-state index in [9.17, 15) is 14.7 Å². The molecule has 0 saturated heterocycles. The van der Waals surface area contributed by atoms with Crippen molar-refractivity contribution in [2.24, 2.45) is 0 Å². The molecule has 2 saturated carbocycles. The molecule has 5 heteroatoms. The molecule has 0 heterocycles. The number of aliphatic carboxylic acids is 1. The number of likely N-dealkylation sites (N-methyl/N-ethyl adjacent to an activating group) is 1. The Hall–Kier alpha value is -1.10. The Morgan fingerprint density at radius 2 is 1.71 bits per heavy atom. The first-order valence-electron chi connectivity index (χ1n) is 8.24. The summed E-state index contributed by atoms with van der Waals surface area (Å²) in [6.07, 6.45) is 8.86. The van der Waals surface area contributed by atoms with Gasteiger partial charge in [0.25, 0.3) is 0 Å². The van der Waals surface area contributed by atoms with Crippen molar-refractivity contribution < 1.29 is 14.7 Å². The molecule has 2 aliphatic carbocycles. The molecular weight excluding hydrogens is 268 g/mol. The van der Waals surface area contributed by atoms with E-state index in [1.807, 2.05) is 14.0 Å². The van der Waals surface area contributed by atoms with E-state index in [1.165, 1.54) is 19.3 Å². The average molecular weight is 296 g/mol. The Kier molecular flexibility index (Phi) is 5.25. The maximum Gasteiger partial charge on any atom is 0.329 e. The third-order valence-corrected chi connectivity index (χ3v) is 5.37. The van der Waals surface area contributed by atoms with Gasteiger partial charge in [-0.25, -0.2) is 4.79 Å². The van der Waals surface area contributed by atoms with Gasteiger partial charge in [-0.3, -0.25) is 9.69 Å². The Morgan fingerprint density at radius 1 is 1.14 bits per heavy atom. The fourth-order valence-electron chi connectivity index (χ4n) is 3.70. The van der Waals surface area contributed by atoms with Crippen LogP contribution in [0.2, 0.25) is 0 Å². The maximum absolute atomic E-state index is 12.5. The largest absolute Gasteiger partial charge is 0.480 e. The van der Waals surface area contributed by atoms with Crippen LogP contribution in [0.15, 0.2) is 0 Å². The lowest BCUT2D eigenvalue weighted by Crippen LogP contribution is -2.58. The molecule has 1 amide bonds. The van der Waals surface area contributed by atoms with Gasteiger partial charge in [-0.1, -0.05) is 32.1 Å². The molecule has 2 aliphatic rings. The topological polar surface area (TPSA) is 69.6 Å². The second-order valence-electron chi connectivity index (χ2n) is 6.72. The van der Waals surface area contributed by atoms with E-state index in [4.69, 9.17) is 0 Å². The number of hydrogen-bond donors (Lipinski definition) is 2. The van der Waals surface area contributed by atoms with E-state index in [2.05, 4.69) is 10.2 Å². The van der Waals surface area contributed by atoms with Gasteiger partial charge in [-0.15, -0.1) is 0 Å². The molecule has 21 heavy (non-hydrogen) atoms. The summed E-state index contributed by atoms with van der Waals surface area (Å²) in [7, 11) is 1.99. The van der Waals surface area contributed by atoms with Crippen LogP contribution < -0.4 is 5.32 Å². The van der Waals surface area contributed by atoms with Crippen LogP contribution in [0.1, 0.15) is 64.7 Å². The molecule has 2 rings (SSSR count). The number of carbonyl (C=O) groups is 2. The van der Waals surface area contributed by atoms with E-state index < -0.39 is 11.5 Å². The number of hydrogen-bond acceptors (Lipinski definition) is 3.